The van der Waals surface area contributed by atoms with Crippen molar-refractivity contribution in [1.82, 2.24) is 0 Å². The van der Waals surface area contributed by atoms with Gasteiger partial charge in [0.05, 0.1) is 12.5 Å². The number of nitrogens with one attached hydrogen (secondary N) is 1. The van der Waals surface area contributed by atoms with Gasteiger partial charge in [0.25, 0.3) is 0 Å². The largest absolute Gasteiger partial charge is 0.490 e. The van der Waals surface area contributed by atoms with E-state index >= 15 is 0 Å². The molecule has 5 nitrogen and oxygen atoms in total. The van der Waals surface area contributed by atoms with Crippen molar-refractivity contribution < 1.29 is 14.3 Å². The van der Waals surface area contributed by atoms with Crippen molar-refractivity contribution in [2.45, 2.75) is 44.2 Å². The predicted molar refractivity (Wildman–Crippen MR) is 140 cm³/mol. The Labute approximate surface area is 205 Å². The van der Waals surface area contributed by atoms with Crippen molar-refractivity contribution in [2.24, 2.45) is 5.73 Å². The highest BCUT2D eigenvalue weighted by Gasteiger charge is 2.19. The minimum Gasteiger partial charge on any atom is -0.490 e. The maximum atomic E-state index is 12.3. The highest BCUT2D eigenvalue weighted by atomic mass is 16.5. The van der Waals surface area contributed by atoms with E-state index in [0.717, 1.165) is 65.0 Å². The molecule has 0 aromatic heterocycles. The molecule has 5 heteroatoms. The Morgan fingerprint density at radius 3 is 2.17 bits per heavy atom. The maximum Gasteiger partial charge on any atom is 0.228 e. The van der Waals surface area contributed by atoms with E-state index in [1.165, 1.54) is 0 Å². The molecule has 35 heavy (non-hydrogen) atoms. The van der Waals surface area contributed by atoms with Crippen LogP contribution in [0.4, 0.5) is 5.69 Å². The second kappa shape index (κ2) is 10.6. The zero-order valence-electron chi connectivity index (χ0n) is 19.7. The summed E-state index contributed by atoms with van der Waals surface area (Å²) in [6.07, 6.45) is 4.60. The second-order valence-corrected chi connectivity index (χ2v) is 9.16. The van der Waals surface area contributed by atoms with Crippen LogP contribution in [0.5, 0.6) is 17.2 Å². The lowest BCUT2D eigenvalue weighted by molar-refractivity contribution is -0.115. The van der Waals surface area contributed by atoms with Gasteiger partial charge in [0.15, 0.2) is 0 Å². The Kier molecular flexibility index (Phi) is 6.96. The molecule has 0 aliphatic heterocycles. The number of hydrogen-bond acceptors (Lipinski definition) is 4. The molecule has 178 valence electrons. The fourth-order valence-corrected chi connectivity index (χ4v) is 4.46. The van der Waals surface area contributed by atoms with Gasteiger partial charge in [0.1, 0.15) is 17.2 Å². The van der Waals surface area contributed by atoms with Gasteiger partial charge in [-0.2, -0.15) is 0 Å². The zero-order chi connectivity index (χ0) is 24.0. The van der Waals surface area contributed by atoms with Crippen LogP contribution < -0.4 is 20.5 Å². The lowest BCUT2D eigenvalue weighted by Crippen LogP contribution is -2.31. The molecule has 0 saturated heterocycles. The number of carbonyl (C=O) groups excluding carboxylic acids is 1. The molecule has 4 aromatic carbocycles. The Hall–Kier alpha value is -3.83. The van der Waals surface area contributed by atoms with Crippen LogP contribution in [0.1, 0.15) is 31.2 Å². The van der Waals surface area contributed by atoms with E-state index < -0.39 is 0 Å². The molecule has 0 radical (unpaired) electrons. The van der Waals surface area contributed by atoms with Crippen LogP contribution in [0.15, 0.2) is 91.0 Å². The summed E-state index contributed by atoms with van der Waals surface area (Å²) in [7, 11) is 0. The molecule has 4 aromatic rings. The Bertz CT molecular complexity index is 1280. The van der Waals surface area contributed by atoms with E-state index in [0.29, 0.717) is 12.5 Å². The number of para-hydroxylation sites is 1. The van der Waals surface area contributed by atoms with E-state index in [-0.39, 0.29) is 12.0 Å². The lowest BCUT2D eigenvalue weighted by atomic mass is 9.94. The normalized spacial score (nSPS) is 17.6. The third-order valence-corrected chi connectivity index (χ3v) is 6.39. The van der Waals surface area contributed by atoms with Crippen molar-refractivity contribution in [3.05, 3.63) is 96.6 Å². The fraction of sp³-hybridized carbons (Fsp3) is 0.233. The molecule has 0 heterocycles. The first-order chi connectivity index (χ1) is 17.1. The molecule has 3 N–H and O–H groups in total. The number of hydrogen-bond donors (Lipinski definition) is 2. The van der Waals surface area contributed by atoms with E-state index in [2.05, 4.69) is 23.5 Å². The van der Waals surface area contributed by atoms with Gasteiger partial charge in [-0.15, -0.1) is 0 Å². The number of rotatable bonds is 7. The van der Waals surface area contributed by atoms with Gasteiger partial charge in [-0.1, -0.05) is 42.5 Å². The molecular formula is C30H30N2O3. The lowest BCUT2D eigenvalue weighted by Gasteiger charge is -2.26. The minimum absolute atomic E-state index is 0.0477. The highest BCUT2D eigenvalue weighted by Crippen LogP contribution is 2.30. The van der Waals surface area contributed by atoms with Crippen molar-refractivity contribution in [1.29, 1.82) is 0 Å². The molecule has 0 bridgehead atoms. The Morgan fingerprint density at radius 2 is 1.43 bits per heavy atom. The third kappa shape index (κ3) is 6.19. The van der Waals surface area contributed by atoms with E-state index in [1.54, 1.807) is 0 Å². The molecule has 1 aliphatic rings. The monoisotopic (exact) mass is 466 g/mol. The zero-order valence-corrected chi connectivity index (χ0v) is 19.7. The van der Waals surface area contributed by atoms with E-state index in [9.17, 15) is 4.79 Å². The number of carbonyl (C=O) groups is 1. The van der Waals surface area contributed by atoms with Crippen molar-refractivity contribution in [3.8, 4) is 17.2 Å². The van der Waals surface area contributed by atoms with E-state index in [1.807, 2.05) is 72.8 Å². The molecule has 0 atom stereocenters. The Balaban J connectivity index is 1.21. The van der Waals surface area contributed by atoms with Gasteiger partial charge < -0.3 is 20.5 Å². The average molecular weight is 467 g/mol. The maximum absolute atomic E-state index is 12.3. The number of amides is 1. The topological polar surface area (TPSA) is 73.6 Å². The first-order valence-corrected chi connectivity index (χ1v) is 12.2. The van der Waals surface area contributed by atoms with Gasteiger partial charge in [-0.25, -0.2) is 0 Å². The summed E-state index contributed by atoms with van der Waals surface area (Å²) in [6.45, 7) is 0. The van der Waals surface area contributed by atoms with Gasteiger partial charge in [-0.05, 0) is 90.6 Å². The number of anilines is 1. The predicted octanol–water partition coefficient (Wildman–Crippen LogP) is 6.46. The minimum atomic E-state index is -0.0477. The van der Waals surface area contributed by atoms with E-state index in [4.69, 9.17) is 15.2 Å². The number of benzene rings is 4. The van der Waals surface area contributed by atoms with Crippen LogP contribution in [-0.4, -0.2) is 18.1 Å². The molecule has 1 saturated carbocycles. The standard InChI is InChI=1S/C30H30N2O3/c31-24-10-16-27(17-11-24)35-29-15-9-22-8-14-28(19-23(22)20-29)34-26-12-6-21(7-13-26)18-30(33)32-25-4-2-1-3-5-25/h1-9,12-15,19-20,24,27H,10-11,16-18,31H2,(H,32,33). The van der Waals surface area contributed by atoms with Crippen LogP contribution in [0, 0.1) is 0 Å². The summed E-state index contributed by atoms with van der Waals surface area (Å²) >= 11 is 0. The summed E-state index contributed by atoms with van der Waals surface area (Å²) < 4.78 is 12.3. The smallest absolute Gasteiger partial charge is 0.228 e. The molecule has 0 spiro atoms. The number of fused-ring (bicyclic) bond motifs is 1. The fourth-order valence-electron chi connectivity index (χ4n) is 4.46. The van der Waals surface area contributed by atoms with Gasteiger partial charge >= 0.3 is 0 Å². The van der Waals surface area contributed by atoms with Gasteiger partial charge in [-0.3, -0.25) is 4.79 Å². The summed E-state index contributed by atoms with van der Waals surface area (Å²) in [4.78, 5) is 12.3. The summed E-state index contributed by atoms with van der Waals surface area (Å²) in [5.41, 5.74) is 7.74. The quantitative estimate of drug-likeness (QED) is 0.328. The molecule has 1 fully saturated rings. The van der Waals surface area contributed by atoms with Crippen LogP contribution in [0.25, 0.3) is 10.8 Å². The number of nitrogens with two attached hydrogens (primary N) is 1. The van der Waals surface area contributed by atoms with Crippen molar-refractivity contribution in [3.63, 3.8) is 0 Å². The highest BCUT2D eigenvalue weighted by molar-refractivity contribution is 5.92. The van der Waals surface area contributed by atoms with Crippen LogP contribution in [0.3, 0.4) is 0 Å². The molecule has 0 unspecified atom stereocenters. The molecule has 1 amide bonds. The number of ether oxygens (including phenoxy) is 2. The molecule has 1 aliphatic carbocycles. The van der Waals surface area contributed by atoms with Crippen molar-refractivity contribution in [2.75, 3.05) is 5.32 Å². The third-order valence-electron chi connectivity index (χ3n) is 6.39. The van der Waals surface area contributed by atoms with Crippen molar-refractivity contribution >= 4 is 22.4 Å². The summed E-state index contributed by atoms with van der Waals surface area (Å²) in [5, 5.41) is 5.11. The first kappa shape index (κ1) is 22.9. The summed E-state index contributed by atoms with van der Waals surface area (Å²) in [6, 6.07) is 29.6. The van der Waals surface area contributed by atoms with Crippen LogP contribution >= 0.6 is 0 Å². The Morgan fingerprint density at radius 1 is 0.771 bits per heavy atom. The first-order valence-electron chi connectivity index (χ1n) is 12.2. The molecule has 5 rings (SSSR count). The van der Waals surface area contributed by atoms with Gasteiger partial charge in [0, 0.05) is 11.7 Å². The SMILES string of the molecule is NC1CCC(Oc2ccc3ccc(Oc4ccc(CC(=O)Nc5ccccc5)cc4)cc3c2)CC1. The molecular weight excluding hydrogens is 436 g/mol. The van der Waals surface area contributed by atoms with Crippen LogP contribution in [0.2, 0.25) is 0 Å². The van der Waals surface area contributed by atoms with Gasteiger partial charge in [0.2, 0.25) is 5.91 Å². The summed E-state index contributed by atoms with van der Waals surface area (Å²) in [5.74, 6) is 2.32. The van der Waals surface area contributed by atoms with Crippen LogP contribution in [-0.2, 0) is 11.2 Å². The second-order valence-electron chi connectivity index (χ2n) is 9.16. The average Bonchev–Trinajstić information content (AvgIpc) is 2.87.